The van der Waals surface area contributed by atoms with Gasteiger partial charge in [-0.2, -0.15) is 0 Å². The van der Waals surface area contributed by atoms with Crippen molar-refractivity contribution in [1.82, 2.24) is 9.55 Å². The highest BCUT2D eigenvalue weighted by Crippen LogP contribution is 2.30. The van der Waals surface area contributed by atoms with Gasteiger partial charge in [-0.1, -0.05) is 30.3 Å². The van der Waals surface area contributed by atoms with Gasteiger partial charge in [0.1, 0.15) is 11.2 Å². The van der Waals surface area contributed by atoms with Crippen molar-refractivity contribution >= 4 is 11.0 Å². The van der Waals surface area contributed by atoms with E-state index < -0.39 is 0 Å². The molecule has 0 aliphatic heterocycles. The molecular formula is C18H20N2O. The third kappa shape index (κ3) is 2.57. The molecule has 3 heteroatoms. The average molecular weight is 280 g/mol. The van der Waals surface area contributed by atoms with Crippen molar-refractivity contribution in [2.75, 3.05) is 7.11 Å². The lowest BCUT2D eigenvalue weighted by Crippen LogP contribution is -2.24. The molecule has 0 atom stereocenters. The highest BCUT2D eigenvalue weighted by molar-refractivity contribution is 5.77. The van der Waals surface area contributed by atoms with Crippen LogP contribution in [0.2, 0.25) is 0 Å². The van der Waals surface area contributed by atoms with E-state index in [9.17, 15) is 0 Å². The minimum absolute atomic E-state index is 0.352. The lowest BCUT2D eigenvalue weighted by molar-refractivity contribution is 0.0131. The molecule has 0 amide bonds. The molecule has 3 nitrogen and oxygen atoms in total. The van der Waals surface area contributed by atoms with Crippen LogP contribution in [0.4, 0.5) is 0 Å². The third-order valence-corrected chi connectivity index (χ3v) is 3.97. The Morgan fingerprint density at radius 3 is 2.57 bits per heavy atom. The molecule has 21 heavy (non-hydrogen) atoms. The Morgan fingerprint density at radius 2 is 1.86 bits per heavy atom. The van der Waals surface area contributed by atoms with Crippen LogP contribution in [-0.4, -0.2) is 16.7 Å². The van der Waals surface area contributed by atoms with Gasteiger partial charge in [-0.15, -0.1) is 0 Å². The Bertz CT molecular complexity index is 744. The maximum Gasteiger partial charge on any atom is 0.140 e. The zero-order valence-electron chi connectivity index (χ0n) is 12.7. The molecular weight excluding hydrogens is 260 g/mol. The number of aromatic nitrogens is 2. The van der Waals surface area contributed by atoms with Crippen LogP contribution in [-0.2, 0) is 16.9 Å². The van der Waals surface area contributed by atoms with E-state index in [1.165, 1.54) is 5.56 Å². The van der Waals surface area contributed by atoms with Crippen molar-refractivity contribution in [2.24, 2.45) is 0 Å². The molecule has 0 spiro atoms. The van der Waals surface area contributed by atoms with Gasteiger partial charge in [0, 0.05) is 25.2 Å². The Labute approximate surface area is 125 Å². The first-order valence-corrected chi connectivity index (χ1v) is 7.15. The van der Waals surface area contributed by atoms with E-state index in [1.807, 2.05) is 18.3 Å². The fourth-order valence-corrected chi connectivity index (χ4v) is 2.62. The van der Waals surface area contributed by atoms with Crippen LogP contribution in [0.1, 0.15) is 25.1 Å². The first kappa shape index (κ1) is 13.8. The summed E-state index contributed by atoms with van der Waals surface area (Å²) in [5, 5.41) is 1.15. The summed E-state index contributed by atoms with van der Waals surface area (Å²) in [6.45, 7) is 4.97. The molecule has 2 aromatic heterocycles. The number of methoxy groups -OCH3 is 1. The number of hydrogen-bond donors (Lipinski definition) is 0. The predicted molar refractivity (Wildman–Crippen MR) is 85.3 cm³/mol. The monoisotopic (exact) mass is 280 g/mol. The van der Waals surface area contributed by atoms with Gasteiger partial charge < -0.3 is 9.30 Å². The number of ether oxygens (including phenoxy) is 1. The molecule has 3 rings (SSSR count). The lowest BCUT2D eigenvalue weighted by Gasteiger charge is -2.25. The minimum atomic E-state index is -0.352. The van der Waals surface area contributed by atoms with Gasteiger partial charge in [0.2, 0.25) is 0 Å². The first-order chi connectivity index (χ1) is 10.1. The van der Waals surface area contributed by atoms with E-state index in [-0.39, 0.29) is 5.60 Å². The molecule has 0 saturated heterocycles. The standard InChI is InChI=1S/C18H20N2O/c1-18(2,21-3)16-12-15-10-7-11-19-17(15)20(16)13-14-8-5-4-6-9-14/h4-12H,13H2,1-3H3. The Morgan fingerprint density at radius 1 is 1.10 bits per heavy atom. The van der Waals surface area contributed by atoms with Crippen LogP contribution in [0.15, 0.2) is 54.7 Å². The van der Waals surface area contributed by atoms with E-state index in [0.29, 0.717) is 0 Å². The molecule has 0 unspecified atom stereocenters. The van der Waals surface area contributed by atoms with E-state index >= 15 is 0 Å². The van der Waals surface area contributed by atoms with Crippen LogP contribution in [0.3, 0.4) is 0 Å². The third-order valence-electron chi connectivity index (χ3n) is 3.97. The van der Waals surface area contributed by atoms with Crippen molar-refractivity contribution in [3.63, 3.8) is 0 Å². The van der Waals surface area contributed by atoms with Crippen LogP contribution in [0.5, 0.6) is 0 Å². The number of benzene rings is 1. The molecule has 0 aliphatic carbocycles. The molecule has 0 radical (unpaired) electrons. The maximum atomic E-state index is 5.68. The Kier molecular flexibility index (Phi) is 3.52. The summed E-state index contributed by atoms with van der Waals surface area (Å²) >= 11 is 0. The summed E-state index contributed by atoms with van der Waals surface area (Å²) in [5.41, 5.74) is 3.05. The molecule has 2 heterocycles. The number of rotatable bonds is 4. The average Bonchev–Trinajstić information content (AvgIpc) is 2.88. The molecule has 3 aromatic rings. The molecule has 108 valence electrons. The fraction of sp³-hybridized carbons (Fsp3) is 0.278. The molecule has 0 saturated carbocycles. The number of hydrogen-bond acceptors (Lipinski definition) is 2. The molecule has 0 aliphatic rings. The van der Waals surface area contributed by atoms with E-state index in [0.717, 1.165) is 23.3 Å². The molecule has 1 aromatic carbocycles. The molecule has 0 bridgehead atoms. The van der Waals surface area contributed by atoms with Gasteiger partial charge in [0.05, 0.1) is 5.69 Å². The first-order valence-electron chi connectivity index (χ1n) is 7.15. The maximum absolute atomic E-state index is 5.68. The highest BCUT2D eigenvalue weighted by Gasteiger charge is 2.25. The van der Waals surface area contributed by atoms with Crippen molar-refractivity contribution in [2.45, 2.75) is 26.0 Å². The van der Waals surface area contributed by atoms with Gasteiger partial charge in [-0.3, -0.25) is 0 Å². The fourth-order valence-electron chi connectivity index (χ4n) is 2.62. The number of nitrogens with zero attached hydrogens (tertiary/aromatic N) is 2. The second-order valence-electron chi connectivity index (χ2n) is 5.73. The van der Waals surface area contributed by atoms with Gasteiger partial charge in [-0.05, 0) is 37.6 Å². The zero-order valence-corrected chi connectivity index (χ0v) is 12.7. The molecule has 0 N–H and O–H groups in total. The Hall–Kier alpha value is -2.13. The van der Waals surface area contributed by atoms with Crippen LogP contribution < -0.4 is 0 Å². The second kappa shape index (κ2) is 5.34. The van der Waals surface area contributed by atoms with Crippen LogP contribution in [0.25, 0.3) is 11.0 Å². The SMILES string of the molecule is COC(C)(C)c1cc2cccnc2n1Cc1ccccc1. The van der Waals surface area contributed by atoms with Crippen LogP contribution >= 0.6 is 0 Å². The van der Waals surface area contributed by atoms with Crippen molar-refractivity contribution in [3.8, 4) is 0 Å². The van der Waals surface area contributed by atoms with Crippen molar-refractivity contribution in [3.05, 3.63) is 66.0 Å². The van der Waals surface area contributed by atoms with Gasteiger partial charge in [0.15, 0.2) is 0 Å². The van der Waals surface area contributed by atoms with Crippen molar-refractivity contribution in [1.29, 1.82) is 0 Å². The summed E-state index contributed by atoms with van der Waals surface area (Å²) in [4.78, 5) is 4.55. The lowest BCUT2D eigenvalue weighted by atomic mass is 10.0. The Balaban J connectivity index is 2.16. The molecule has 0 fully saturated rings. The topological polar surface area (TPSA) is 27.1 Å². The minimum Gasteiger partial charge on any atom is -0.373 e. The normalized spacial score (nSPS) is 12.0. The van der Waals surface area contributed by atoms with Gasteiger partial charge in [-0.25, -0.2) is 4.98 Å². The highest BCUT2D eigenvalue weighted by atomic mass is 16.5. The van der Waals surface area contributed by atoms with Crippen molar-refractivity contribution < 1.29 is 4.74 Å². The van der Waals surface area contributed by atoms with E-state index in [4.69, 9.17) is 4.74 Å². The van der Waals surface area contributed by atoms with Crippen LogP contribution in [0, 0.1) is 0 Å². The van der Waals surface area contributed by atoms with E-state index in [1.54, 1.807) is 7.11 Å². The second-order valence-corrected chi connectivity index (χ2v) is 5.73. The van der Waals surface area contributed by atoms with Gasteiger partial charge >= 0.3 is 0 Å². The quantitative estimate of drug-likeness (QED) is 0.723. The summed E-state index contributed by atoms with van der Waals surface area (Å²) in [5.74, 6) is 0. The zero-order chi connectivity index (χ0) is 14.9. The smallest absolute Gasteiger partial charge is 0.140 e. The summed E-state index contributed by atoms with van der Waals surface area (Å²) < 4.78 is 7.93. The summed E-state index contributed by atoms with van der Waals surface area (Å²) in [6, 6.07) is 16.7. The van der Waals surface area contributed by atoms with E-state index in [2.05, 4.69) is 59.8 Å². The summed E-state index contributed by atoms with van der Waals surface area (Å²) in [6.07, 6.45) is 1.84. The van der Waals surface area contributed by atoms with Gasteiger partial charge in [0.25, 0.3) is 0 Å². The predicted octanol–water partition coefficient (Wildman–Crippen LogP) is 3.97. The number of pyridine rings is 1. The largest absolute Gasteiger partial charge is 0.373 e. The summed E-state index contributed by atoms with van der Waals surface area (Å²) in [7, 11) is 1.75. The number of fused-ring (bicyclic) bond motifs is 1.